The number of halogens is 1. The SMILES string of the molecule is COc1ccc(-c2c(F)ccc3c(N)c4c(nc23)CN(C2CCC2)C4=O)c(OC)c1. The van der Waals surface area contributed by atoms with Gasteiger partial charge in [0.15, 0.2) is 0 Å². The van der Waals surface area contributed by atoms with Gasteiger partial charge in [-0.05, 0) is 43.5 Å². The molecule has 6 nitrogen and oxygen atoms in total. The van der Waals surface area contributed by atoms with Crippen LogP contribution < -0.4 is 15.2 Å². The minimum atomic E-state index is -0.432. The average molecular weight is 407 g/mol. The first kappa shape index (κ1) is 18.7. The Bertz CT molecular complexity index is 1190. The van der Waals surface area contributed by atoms with Crippen LogP contribution in [-0.4, -0.2) is 36.1 Å². The summed E-state index contributed by atoms with van der Waals surface area (Å²) in [5.41, 5.74) is 9.13. The van der Waals surface area contributed by atoms with E-state index in [1.165, 1.54) is 13.2 Å². The first-order chi connectivity index (χ1) is 14.5. The van der Waals surface area contributed by atoms with Crippen molar-refractivity contribution in [3.05, 3.63) is 47.4 Å². The van der Waals surface area contributed by atoms with E-state index in [1.54, 1.807) is 31.4 Å². The summed E-state index contributed by atoms with van der Waals surface area (Å²) in [5, 5.41) is 0.562. The molecule has 1 saturated carbocycles. The smallest absolute Gasteiger partial charge is 0.258 e. The fourth-order valence-corrected chi connectivity index (χ4v) is 4.37. The molecule has 3 aromatic rings. The summed E-state index contributed by atoms with van der Waals surface area (Å²) in [4.78, 5) is 19.6. The highest BCUT2D eigenvalue weighted by Gasteiger charge is 2.38. The van der Waals surface area contributed by atoms with Crippen LogP contribution in [0.3, 0.4) is 0 Å². The number of aromatic nitrogens is 1. The van der Waals surface area contributed by atoms with Gasteiger partial charge in [-0.15, -0.1) is 0 Å². The minimum absolute atomic E-state index is 0.0745. The molecular formula is C23H22FN3O3. The van der Waals surface area contributed by atoms with Gasteiger partial charge in [0.25, 0.3) is 5.91 Å². The van der Waals surface area contributed by atoms with Gasteiger partial charge < -0.3 is 20.1 Å². The quantitative estimate of drug-likeness (QED) is 0.703. The summed E-state index contributed by atoms with van der Waals surface area (Å²) >= 11 is 0. The molecule has 1 aromatic heterocycles. The Morgan fingerprint density at radius 3 is 2.60 bits per heavy atom. The highest BCUT2D eigenvalue weighted by Crippen LogP contribution is 2.42. The number of benzene rings is 2. The van der Waals surface area contributed by atoms with Gasteiger partial charge in [-0.1, -0.05) is 0 Å². The number of nitrogens with two attached hydrogens (primary N) is 1. The second-order valence-electron chi connectivity index (χ2n) is 7.75. The maximum absolute atomic E-state index is 15.1. The highest BCUT2D eigenvalue weighted by atomic mass is 19.1. The standard InChI is InChI=1S/C23H22FN3O3/c1-29-13-6-7-14(18(10-13)30-2)19-16(24)9-8-15-21(25)20-17(26-22(15)19)11-27(23(20)28)12-4-3-5-12/h6-10,12H,3-5,11H2,1-2H3,(H2,25,26). The molecule has 0 radical (unpaired) electrons. The van der Waals surface area contributed by atoms with Crippen molar-refractivity contribution in [1.29, 1.82) is 0 Å². The summed E-state index contributed by atoms with van der Waals surface area (Å²) < 4.78 is 25.8. The van der Waals surface area contributed by atoms with Gasteiger partial charge in [0.05, 0.1) is 43.2 Å². The first-order valence-electron chi connectivity index (χ1n) is 9.97. The zero-order chi connectivity index (χ0) is 21.0. The first-order valence-corrected chi connectivity index (χ1v) is 9.97. The van der Waals surface area contributed by atoms with Crippen LogP contribution in [0, 0.1) is 5.82 Å². The van der Waals surface area contributed by atoms with Crippen LogP contribution in [0.5, 0.6) is 11.5 Å². The third-order valence-electron chi connectivity index (χ3n) is 6.21. The number of hydrogen-bond acceptors (Lipinski definition) is 5. The Balaban J connectivity index is 1.73. The third-order valence-corrected chi connectivity index (χ3v) is 6.21. The Morgan fingerprint density at radius 1 is 1.13 bits per heavy atom. The van der Waals surface area contributed by atoms with Crippen LogP contribution in [0.2, 0.25) is 0 Å². The molecule has 1 amide bonds. The van der Waals surface area contributed by atoms with E-state index in [1.807, 2.05) is 4.90 Å². The monoisotopic (exact) mass is 407 g/mol. The van der Waals surface area contributed by atoms with E-state index in [0.717, 1.165) is 19.3 Å². The number of ether oxygens (including phenoxy) is 2. The van der Waals surface area contributed by atoms with Gasteiger partial charge in [0.1, 0.15) is 17.3 Å². The van der Waals surface area contributed by atoms with Gasteiger partial charge >= 0.3 is 0 Å². The molecule has 0 bridgehead atoms. The third kappa shape index (κ3) is 2.61. The van der Waals surface area contributed by atoms with Crippen molar-refractivity contribution in [2.75, 3.05) is 20.0 Å². The van der Waals surface area contributed by atoms with E-state index in [9.17, 15) is 4.79 Å². The Kier molecular flexibility index (Phi) is 4.27. The zero-order valence-corrected chi connectivity index (χ0v) is 16.9. The van der Waals surface area contributed by atoms with Crippen LogP contribution in [0.4, 0.5) is 10.1 Å². The lowest BCUT2D eigenvalue weighted by atomic mass is 9.92. The van der Waals surface area contributed by atoms with E-state index in [0.29, 0.717) is 57.0 Å². The summed E-state index contributed by atoms with van der Waals surface area (Å²) in [6.45, 7) is 0.411. The Morgan fingerprint density at radius 2 is 1.93 bits per heavy atom. The van der Waals surface area contributed by atoms with Gasteiger partial charge in [-0.3, -0.25) is 4.79 Å². The van der Waals surface area contributed by atoms with Crippen molar-refractivity contribution in [3.63, 3.8) is 0 Å². The number of hydrogen-bond donors (Lipinski definition) is 1. The molecule has 1 aliphatic heterocycles. The number of rotatable bonds is 4. The summed E-state index contributed by atoms with van der Waals surface area (Å²) in [7, 11) is 3.08. The Labute approximate surface area is 173 Å². The molecule has 5 rings (SSSR count). The molecule has 154 valence electrons. The van der Waals surface area contributed by atoms with E-state index in [2.05, 4.69) is 0 Å². The summed E-state index contributed by atoms with van der Waals surface area (Å²) in [6, 6.07) is 8.38. The van der Waals surface area contributed by atoms with E-state index in [-0.39, 0.29) is 11.9 Å². The van der Waals surface area contributed by atoms with Gasteiger partial charge in [-0.2, -0.15) is 0 Å². The molecule has 0 unspecified atom stereocenters. The number of pyridine rings is 1. The molecule has 2 N–H and O–H groups in total. The Hall–Kier alpha value is -3.35. The lowest BCUT2D eigenvalue weighted by Gasteiger charge is -2.34. The molecule has 1 fully saturated rings. The van der Waals surface area contributed by atoms with Crippen molar-refractivity contribution in [1.82, 2.24) is 9.88 Å². The van der Waals surface area contributed by atoms with E-state index < -0.39 is 5.82 Å². The van der Waals surface area contributed by atoms with Crippen molar-refractivity contribution in [2.45, 2.75) is 31.8 Å². The average Bonchev–Trinajstić information content (AvgIpc) is 3.02. The van der Waals surface area contributed by atoms with Crippen LogP contribution in [0.25, 0.3) is 22.0 Å². The van der Waals surface area contributed by atoms with Crippen LogP contribution in [0.1, 0.15) is 35.3 Å². The minimum Gasteiger partial charge on any atom is -0.497 e. The number of amides is 1. The van der Waals surface area contributed by atoms with E-state index >= 15 is 4.39 Å². The van der Waals surface area contributed by atoms with Crippen LogP contribution in [-0.2, 0) is 6.54 Å². The second-order valence-corrected chi connectivity index (χ2v) is 7.75. The summed E-state index contributed by atoms with van der Waals surface area (Å²) in [5.74, 6) is 0.563. The molecular weight excluding hydrogens is 385 g/mol. The van der Waals surface area contributed by atoms with Crippen molar-refractivity contribution < 1.29 is 18.7 Å². The van der Waals surface area contributed by atoms with Crippen molar-refractivity contribution >= 4 is 22.5 Å². The topological polar surface area (TPSA) is 77.7 Å². The molecule has 2 aromatic carbocycles. The fourth-order valence-electron chi connectivity index (χ4n) is 4.37. The van der Waals surface area contributed by atoms with Crippen LogP contribution in [0.15, 0.2) is 30.3 Å². The molecule has 2 aliphatic rings. The molecule has 1 aliphatic carbocycles. The maximum atomic E-state index is 15.1. The van der Waals surface area contributed by atoms with E-state index in [4.69, 9.17) is 20.2 Å². The van der Waals surface area contributed by atoms with Gasteiger partial charge in [0, 0.05) is 28.6 Å². The largest absolute Gasteiger partial charge is 0.497 e. The number of anilines is 1. The zero-order valence-electron chi connectivity index (χ0n) is 16.9. The molecule has 7 heteroatoms. The molecule has 0 saturated heterocycles. The van der Waals surface area contributed by atoms with Gasteiger partial charge in [0.2, 0.25) is 0 Å². The lowest BCUT2D eigenvalue weighted by molar-refractivity contribution is 0.0606. The van der Waals surface area contributed by atoms with Gasteiger partial charge in [-0.25, -0.2) is 9.37 Å². The highest BCUT2D eigenvalue weighted by molar-refractivity contribution is 6.11. The molecule has 2 heterocycles. The number of nitrogen functional groups attached to an aromatic ring is 1. The second kappa shape index (κ2) is 6.86. The number of nitrogens with zero attached hydrogens (tertiary/aromatic N) is 2. The maximum Gasteiger partial charge on any atom is 0.258 e. The molecule has 30 heavy (non-hydrogen) atoms. The number of methoxy groups -OCH3 is 2. The lowest BCUT2D eigenvalue weighted by Crippen LogP contribution is -2.40. The summed E-state index contributed by atoms with van der Waals surface area (Å²) in [6.07, 6.45) is 3.13. The normalized spacial score (nSPS) is 16.0. The molecule has 0 atom stereocenters. The predicted molar refractivity (Wildman–Crippen MR) is 112 cm³/mol. The predicted octanol–water partition coefficient (Wildman–Crippen LogP) is 4.15. The number of carbonyl (C=O) groups excluding carboxylic acids is 1. The molecule has 0 spiro atoms. The van der Waals surface area contributed by atoms with Crippen molar-refractivity contribution in [3.8, 4) is 22.6 Å². The fraction of sp³-hybridized carbons (Fsp3) is 0.304. The van der Waals surface area contributed by atoms with Crippen molar-refractivity contribution in [2.24, 2.45) is 0 Å². The number of fused-ring (bicyclic) bond motifs is 2. The number of carbonyl (C=O) groups is 1. The van der Waals surface area contributed by atoms with Crippen LogP contribution >= 0.6 is 0 Å².